The minimum absolute atomic E-state index is 0.220. The molecule has 49 heavy (non-hydrogen) atoms. The van der Waals surface area contributed by atoms with Crippen molar-refractivity contribution in [1.29, 1.82) is 0 Å². The monoisotopic (exact) mass is 786 g/mol. The molecule has 0 heterocycles. The van der Waals surface area contributed by atoms with Crippen molar-refractivity contribution in [3.8, 4) is 0 Å². The van der Waals surface area contributed by atoms with E-state index in [0.717, 1.165) is 0 Å². The number of carbonyl (C=O) groups excluding carboxylic acids is 2. The third-order valence-corrected chi connectivity index (χ3v) is 4.93. The summed E-state index contributed by atoms with van der Waals surface area (Å²) in [6.07, 6.45) is -41.7. The van der Waals surface area contributed by atoms with Crippen LogP contribution in [0.25, 0.3) is 0 Å². The summed E-state index contributed by atoms with van der Waals surface area (Å²) in [7, 11) is 0. The Labute approximate surface area is 254 Å². The molecule has 0 aromatic heterocycles. The van der Waals surface area contributed by atoms with Crippen LogP contribution in [0.1, 0.15) is 19.8 Å². The van der Waals surface area contributed by atoms with E-state index >= 15 is 0 Å². The predicted molar refractivity (Wildman–Crippen MR) is 108 cm³/mol. The Morgan fingerprint density at radius 2 is 0.816 bits per heavy atom. The standard InChI is InChI=1S/C11H8F12O2.C10H6F12O2/c1-4(2)6(24)25-11(22,23)10(20,21)9(18,19)8(16,17)5(12)3-7(13,14)15;1-2-5(23)24-10(21,22)9(19,20)8(17,18)7(15,16)4(11)3-6(12,13)14/h5H,1,3H2,2H3;2,4H,1,3H2. The van der Waals surface area contributed by atoms with Gasteiger partial charge in [-0.15, -0.1) is 0 Å². The van der Waals surface area contributed by atoms with Crippen molar-refractivity contribution >= 4 is 11.9 Å². The number of hydrogen-bond donors (Lipinski definition) is 0. The van der Waals surface area contributed by atoms with Gasteiger partial charge in [-0.2, -0.15) is 96.6 Å². The van der Waals surface area contributed by atoms with Gasteiger partial charge in [-0.3, -0.25) is 0 Å². The summed E-state index contributed by atoms with van der Waals surface area (Å²) < 4.78 is 310. The number of ether oxygens (including phenoxy) is 2. The fourth-order valence-corrected chi connectivity index (χ4v) is 2.34. The smallest absolute Gasteiger partial charge is 0.393 e. The topological polar surface area (TPSA) is 52.6 Å². The first-order valence-corrected chi connectivity index (χ1v) is 11.2. The van der Waals surface area contributed by atoms with Crippen LogP contribution in [0.5, 0.6) is 0 Å². The Kier molecular flexibility index (Phi) is 14.2. The fraction of sp³-hybridized carbons (Fsp3) is 0.714. The maximum atomic E-state index is 13.2. The third kappa shape index (κ3) is 10.4. The zero-order valence-electron chi connectivity index (χ0n) is 22.8. The first-order chi connectivity index (χ1) is 21.0. The van der Waals surface area contributed by atoms with E-state index < -0.39 is 103 Å². The fourth-order valence-electron chi connectivity index (χ4n) is 2.34. The first kappa shape index (κ1) is 47.9. The van der Waals surface area contributed by atoms with E-state index in [4.69, 9.17) is 0 Å². The minimum Gasteiger partial charge on any atom is -0.393 e. The van der Waals surface area contributed by atoms with E-state index in [9.17, 15) is 115 Å². The second kappa shape index (κ2) is 14.5. The largest absolute Gasteiger partial charge is 0.473 e. The summed E-state index contributed by atoms with van der Waals surface area (Å²) in [6.45, 7) is 5.66. The van der Waals surface area contributed by atoms with Crippen LogP contribution in [0.15, 0.2) is 24.8 Å². The van der Waals surface area contributed by atoms with Crippen LogP contribution < -0.4 is 0 Å². The molecule has 0 radical (unpaired) electrons. The summed E-state index contributed by atoms with van der Waals surface area (Å²) >= 11 is 0. The zero-order chi connectivity index (χ0) is 40.4. The molecule has 0 N–H and O–H groups in total. The summed E-state index contributed by atoms with van der Waals surface area (Å²) in [5.41, 5.74) is -1.02. The average molecular weight is 786 g/mol. The highest BCUT2D eigenvalue weighted by Gasteiger charge is 2.86. The summed E-state index contributed by atoms with van der Waals surface area (Å²) in [4.78, 5) is 21.1. The second-order valence-corrected chi connectivity index (χ2v) is 8.95. The highest BCUT2D eigenvalue weighted by Crippen LogP contribution is 2.57. The van der Waals surface area contributed by atoms with Gasteiger partial charge in [0.05, 0.1) is 12.8 Å². The molecule has 0 aromatic carbocycles. The summed E-state index contributed by atoms with van der Waals surface area (Å²) in [5, 5.41) is 0. The van der Waals surface area contributed by atoms with Crippen LogP contribution in [0.2, 0.25) is 0 Å². The Morgan fingerprint density at radius 3 is 1.04 bits per heavy atom. The van der Waals surface area contributed by atoms with E-state index in [1.165, 1.54) is 0 Å². The average Bonchev–Trinajstić information content (AvgIpc) is 2.85. The molecule has 2 atom stereocenters. The van der Waals surface area contributed by atoms with E-state index in [-0.39, 0.29) is 6.08 Å². The lowest BCUT2D eigenvalue weighted by Crippen LogP contribution is -2.65. The van der Waals surface area contributed by atoms with Gasteiger partial charge in [0.15, 0.2) is 12.3 Å². The van der Waals surface area contributed by atoms with Gasteiger partial charge >= 0.3 is 72.0 Å². The molecule has 0 spiro atoms. The lowest BCUT2D eigenvalue weighted by Gasteiger charge is -2.37. The summed E-state index contributed by atoms with van der Waals surface area (Å²) in [5.74, 6) is -47.8. The van der Waals surface area contributed by atoms with E-state index in [1.54, 1.807) is 0 Å². The van der Waals surface area contributed by atoms with Crippen LogP contribution in [0, 0.1) is 0 Å². The predicted octanol–water partition coefficient (Wildman–Crippen LogP) is 9.40. The number of rotatable bonds is 14. The molecule has 0 aliphatic rings. The van der Waals surface area contributed by atoms with E-state index in [2.05, 4.69) is 22.6 Å². The molecular weight excluding hydrogens is 772 g/mol. The van der Waals surface area contributed by atoms with Gasteiger partial charge in [0, 0.05) is 11.6 Å². The molecule has 0 fully saturated rings. The summed E-state index contributed by atoms with van der Waals surface area (Å²) in [6, 6.07) is 0. The van der Waals surface area contributed by atoms with Crippen LogP contribution in [-0.4, -0.2) is 84.4 Å². The lowest BCUT2D eigenvalue weighted by molar-refractivity contribution is -0.422. The van der Waals surface area contributed by atoms with Gasteiger partial charge in [-0.25, -0.2) is 18.4 Å². The molecule has 0 rings (SSSR count). The van der Waals surface area contributed by atoms with Crippen LogP contribution >= 0.6 is 0 Å². The molecule has 290 valence electrons. The molecule has 28 heteroatoms. The molecule has 0 aromatic rings. The minimum atomic E-state index is -7.36. The van der Waals surface area contributed by atoms with Crippen molar-refractivity contribution in [3.05, 3.63) is 24.8 Å². The number of esters is 2. The highest BCUT2D eigenvalue weighted by atomic mass is 19.4. The van der Waals surface area contributed by atoms with Crippen molar-refractivity contribution in [2.24, 2.45) is 0 Å². The third-order valence-electron chi connectivity index (χ3n) is 4.93. The van der Waals surface area contributed by atoms with Crippen LogP contribution in [-0.2, 0) is 19.1 Å². The zero-order valence-corrected chi connectivity index (χ0v) is 22.8. The Bertz CT molecular complexity index is 1180. The highest BCUT2D eigenvalue weighted by molar-refractivity contribution is 5.87. The van der Waals surface area contributed by atoms with Crippen molar-refractivity contribution in [3.63, 3.8) is 0 Å². The van der Waals surface area contributed by atoms with Gasteiger partial charge < -0.3 is 9.47 Å². The van der Waals surface area contributed by atoms with E-state index in [0.29, 0.717) is 6.92 Å². The second-order valence-electron chi connectivity index (χ2n) is 8.95. The van der Waals surface area contributed by atoms with Gasteiger partial charge in [-0.05, 0) is 6.92 Å². The Morgan fingerprint density at radius 1 is 0.551 bits per heavy atom. The van der Waals surface area contributed by atoms with Gasteiger partial charge in [0.1, 0.15) is 0 Å². The molecule has 0 saturated heterocycles. The SMILES string of the molecule is C=C(C)C(=O)OC(F)(F)C(F)(F)C(F)(F)C(F)(F)C(F)CC(F)(F)F.C=CC(=O)OC(F)(F)C(F)(F)C(F)(F)C(F)(F)C(F)CC(F)(F)F. The quantitative estimate of drug-likeness (QED) is 0.100. The molecule has 0 saturated carbocycles. The Balaban J connectivity index is 0. The molecule has 0 aliphatic heterocycles. The molecule has 0 amide bonds. The molecule has 0 bridgehead atoms. The van der Waals surface area contributed by atoms with E-state index in [1.807, 2.05) is 0 Å². The number of halogens is 24. The lowest BCUT2D eigenvalue weighted by atomic mass is 9.97. The van der Waals surface area contributed by atoms with Crippen molar-refractivity contribution in [2.45, 2.75) is 92.2 Å². The van der Waals surface area contributed by atoms with Crippen LogP contribution in [0.4, 0.5) is 105 Å². The number of hydrogen-bond acceptors (Lipinski definition) is 4. The van der Waals surface area contributed by atoms with Crippen LogP contribution in [0.3, 0.4) is 0 Å². The van der Waals surface area contributed by atoms with Crippen molar-refractivity contribution in [1.82, 2.24) is 0 Å². The molecular formula is C21H14F24O4. The molecule has 0 aliphatic carbocycles. The first-order valence-electron chi connectivity index (χ1n) is 11.2. The maximum Gasteiger partial charge on any atom is 0.473 e. The van der Waals surface area contributed by atoms with Crippen molar-refractivity contribution < 1.29 is 124 Å². The maximum absolute atomic E-state index is 13.2. The van der Waals surface area contributed by atoms with Gasteiger partial charge in [0.25, 0.3) is 0 Å². The molecule has 2 unspecified atom stereocenters. The number of carbonyl (C=O) groups is 2. The Hall–Kier alpha value is -3.26. The molecule has 4 nitrogen and oxygen atoms in total. The van der Waals surface area contributed by atoms with Gasteiger partial charge in [-0.1, -0.05) is 13.2 Å². The van der Waals surface area contributed by atoms with Crippen molar-refractivity contribution in [2.75, 3.05) is 0 Å². The number of alkyl halides is 24. The normalized spacial score (nSPS) is 15.8. The van der Waals surface area contributed by atoms with Gasteiger partial charge in [0.2, 0.25) is 0 Å².